The van der Waals surface area contributed by atoms with E-state index in [2.05, 4.69) is 0 Å². The Morgan fingerprint density at radius 3 is 1.71 bits per heavy atom. The van der Waals surface area contributed by atoms with Gasteiger partial charge >= 0.3 is 0 Å². The smallest absolute Gasteiger partial charge is 0.164 e. The van der Waals surface area contributed by atoms with Gasteiger partial charge in [0, 0.05) is 38.2 Å². The van der Waals surface area contributed by atoms with Crippen molar-refractivity contribution in [2.24, 2.45) is 0 Å². The van der Waals surface area contributed by atoms with Gasteiger partial charge in [0.15, 0.2) is 17.5 Å². The van der Waals surface area contributed by atoms with Crippen LogP contribution in [0.2, 0.25) is 0 Å². The van der Waals surface area contributed by atoms with Crippen molar-refractivity contribution < 1.29 is 8.83 Å². The van der Waals surface area contributed by atoms with Crippen LogP contribution < -0.4 is 38.2 Å². The highest BCUT2D eigenvalue weighted by Crippen LogP contribution is 2.35. The number of hydrogen-bond donors (Lipinski definition) is 0. The van der Waals surface area contributed by atoms with E-state index in [9.17, 15) is 0 Å². The maximum atomic E-state index is 6.79. The average molecular weight is 634 g/mol. The quantitative estimate of drug-likeness (QED) is 0.277. The van der Waals surface area contributed by atoms with Gasteiger partial charge in [-0.15, -0.1) is 16.4 Å². The molecule has 220 valence electrons. The van der Waals surface area contributed by atoms with Crippen LogP contribution in [-0.2, 0) is 0 Å². The summed E-state index contributed by atoms with van der Waals surface area (Å²) in [4.78, 5) is 15.0. The lowest BCUT2D eigenvalue weighted by molar-refractivity contribution is 0.669. The molecule has 0 fully saturated rings. The third-order valence-electron chi connectivity index (χ3n) is 9.36. The van der Waals surface area contributed by atoms with Crippen molar-refractivity contribution in [2.45, 2.75) is 0 Å². The first kappa shape index (κ1) is 31.4. The van der Waals surface area contributed by atoms with E-state index < -0.39 is 0 Å². The zero-order chi connectivity index (χ0) is 35.1. The molecule has 0 N–H and O–H groups in total. The van der Waals surface area contributed by atoms with E-state index in [-0.39, 0.29) is 55.2 Å². The number of aromatic nitrogens is 3. The molecule has 0 aliphatic rings. The summed E-state index contributed by atoms with van der Waals surface area (Å²) in [5.74, 6) is 0.925. The Labute approximate surface area is 302 Å². The Balaban J connectivity index is 1.36. The van der Waals surface area contributed by atoms with E-state index in [4.69, 9.17) is 78.7 Å². The van der Waals surface area contributed by atoms with Crippen LogP contribution in [0.1, 0.15) is 0 Å². The first-order valence-electron chi connectivity index (χ1n) is 16.0. The summed E-state index contributed by atoms with van der Waals surface area (Å²) < 4.78 is 12.4. The van der Waals surface area contributed by atoms with Crippen molar-refractivity contribution in [3.63, 3.8) is 0 Å². The molecule has 0 amide bonds. The van der Waals surface area contributed by atoms with Crippen LogP contribution in [0.4, 0.5) is 0 Å². The maximum absolute atomic E-state index is 6.79. The number of rotatable bonds is 4. The number of furan rings is 2. The molecule has 0 aliphatic carbocycles. The molecule has 3 aromatic heterocycles. The Morgan fingerprint density at radius 1 is 0.373 bits per heavy atom. The fourth-order valence-electron chi connectivity index (χ4n) is 6.70. The van der Waals surface area contributed by atoms with E-state index >= 15 is 0 Å². The fourth-order valence-corrected chi connectivity index (χ4v) is 6.70. The highest BCUT2D eigenvalue weighted by Gasteiger charge is 2.25. The zero-order valence-corrected chi connectivity index (χ0v) is 26.9. The SMILES string of the molecule is [B]c1c([B])c([B])c2c(oc3c([B])c([B])c([B])c(-c4nc(-c5cccc(-c6ccccc6)c5)nc(-c5ccc6c(c5)oc5ccccc56)n4)c32)c1[B]. The summed E-state index contributed by atoms with van der Waals surface area (Å²) >= 11 is 0. The molecule has 14 radical (unpaired) electrons. The molecule has 5 nitrogen and oxygen atoms in total. The molecule has 0 saturated heterocycles. The number of hydrogen-bond acceptors (Lipinski definition) is 5. The number of benzene rings is 6. The fraction of sp³-hybridized carbons (Fsp3) is 0. The van der Waals surface area contributed by atoms with Gasteiger partial charge in [-0.2, -0.15) is 0 Å². The summed E-state index contributed by atoms with van der Waals surface area (Å²) in [6.07, 6.45) is 0. The molecule has 51 heavy (non-hydrogen) atoms. The number of fused-ring (bicyclic) bond motifs is 6. The summed E-state index contributed by atoms with van der Waals surface area (Å²) in [7, 11) is 45.3. The van der Waals surface area contributed by atoms with Gasteiger partial charge in [0.25, 0.3) is 0 Å². The van der Waals surface area contributed by atoms with Crippen LogP contribution >= 0.6 is 0 Å². The molecule has 0 bridgehead atoms. The topological polar surface area (TPSA) is 65.0 Å². The molecule has 9 aromatic rings. The number of nitrogens with zero attached hydrogens (tertiary/aromatic N) is 3. The molecule has 0 atom stereocenters. The zero-order valence-electron chi connectivity index (χ0n) is 26.9. The molecule has 6 aromatic carbocycles. The van der Waals surface area contributed by atoms with Gasteiger partial charge in [-0.3, -0.25) is 0 Å². The summed E-state index contributed by atoms with van der Waals surface area (Å²) in [5.41, 5.74) is 6.30. The van der Waals surface area contributed by atoms with Gasteiger partial charge in [0.1, 0.15) is 77.3 Å². The molecule has 0 saturated carbocycles. The third-order valence-corrected chi connectivity index (χ3v) is 9.36. The Bertz CT molecular complexity index is 2900. The lowest BCUT2D eigenvalue weighted by Crippen LogP contribution is -2.47. The standard InChI is InChI=1S/C39H16B7N3O2/c40-28-26-25-27(29(41)31(43)33(45)35(25)51-36(26)34(46)32(44)30(28)42)39-48-37(19-10-6-9-18(15-19)17-7-2-1-3-8-17)47-38(49-39)20-13-14-22-21-11-4-5-12-23(21)50-24(22)16-20/h1-16H. The minimum Gasteiger partial charge on any atom is -0.457 e. The summed E-state index contributed by atoms with van der Waals surface area (Å²) in [6.45, 7) is 0. The summed E-state index contributed by atoms with van der Waals surface area (Å²) in [5, 5.41) is 2.72. The predicted molar refractivity (Wildman–Crippen MR) is 214 cm³/mol. The highest BCUT2D eigenvalue weighted by atomic mass is 16.3. The Kier molecular flexibility index (Phi) is 7.22. The van der Waals surface area contributed by atoms with Gasteiger partial charge in [0.2, 0.25) is 0 Å². The van der Waals surface area contributed by atoms with Gasteiger partial charge in [-0.25, -0.2) is 15.0 Å². The van der Waals surface area contributed by atoms with Crippen LogP contribution in [0.5, 0.6) is 0 Å². The normalized spacial score (nSPS) is 11.7. The van der Waals surface area contributed by atoms with Gasteiger partial charge in [-0.05, 0) is 35.4 Å². The molecular formula is C39H16B7N3O2. The molecular weight excluding hydrogens is 618 g/mol. The van der Waals surface area contributed by atoms with Crippen LogP contribution in [0.15, 0.2) is 106 Å². The molecule has 12 heteroatoms. The maximum Gasteiger partial charge on any atom is 0.164 e. The monoisotopic (exact) mass is 635 g/mol. The van der Waals surface area contributed by atoms with E-state index in [1.165, 1.54) is 0 Å². The minimum absolute atomic E-state index is 0.0768. The summed E-state index contributed by atoms with van der Waals surface area (Å²) in [6, 6.07) is 31.7. The molecule has 9 rings (SSSR count). The van der Waals surface area contributed by atoms with Crippen molar-refractivity contribution in [3.8, 4) is 45.3 Å². The van der Waals surface area contributed by atoms with Crippen molar-refractivity contribution >= 4 is 137 Å². The molecule has 0 spiro atoms. The average Bonchev–Trinajstić information content (AvgIpc) is 3.75. The van der Waals surface area contributed by atoms with Crippen LogP contribution in [0.25, 0.3) is 89.2 Å². The van der Waals surface area contributed by atoms with Crippen molar-refractivity contribution in [1.29, 1.82) is 0 Å². The minimum atomic E-state index is 0.0768. The third kappa shape index (κ3) is 4.84. The second-order valence-corrected chi connectivity index (χ2v) is 12.3. The van der Waals surface area contributed by atoms with Crippen LogP contribution in [0, 0.1) is 0 Å². The van der Waals surface area contributed by atoms with Gasteiger partial charge < -0.3 is 8.83 Å². The van der Waals surface area contributed by atoms with Gasteiger partial charge in [-0.1, -0.05) is 94.6 Å². The number of para-hydroxylation sites is 1. The van der Waals surface area contributed by atoms with Crippen LogP contribution in [-0.4, -0.2) is 69.9 Å². The Morgan fingerprint density at radius 2 is 0.941 bits per heavy atom. The Hall–Kier alpha value is -5.62. The molecule has 0 aliphatic heterocycles. The lowest BCUT2D eigenvalue weighted by Gasteiger charge is -2.17. The predicted octanol–water partition coefficient (Wildman–Crippen LogP) is 1.90. The van der Waals surface area contributed by atoms with Gasteiger partial charge in [0.05, 0.1) is 0 Å². The largest absolute Gasteiger partial charge is 0.457 e. The van der Waals surface area contributed by atoms with Crippen LogP contribution in [0.3, 0.4) is 0 Å². The van der Waals surface area contributed by atoms with Crippen molar-refractivity contribution in [1.82, 2.24) is 15.0 Å². The molecule has 0 unspecified atom stereocenters. The van der Waals surface area contributed by atoms with Crippen molar-refractivity contribution in [3.05, 3.63) is 97.1 Å². The first-order chi connectivity index (χ1) is 24.7. The highest BCUT2D eigenvalue weighted by molar-refractivity contribution is 6.68. The van der Waals surface area contributed by atoms with E-state index in [1.807, 2.05) is 97.1 Å². The van der Waals surface area contributed by atoms with E-state index in [0.717, 1.165) is 33.0 Å². The first-order valence-corrected chi connectivity index (χ1v) is 16.0. The lowest BCUT2D eigenvalue weighted by atomic mass is 9.64. The molecule has 3 heterocycles. The van der Waals surface area contributed by atoms with E-state index in [1.54, 1.807) is 0 Å². The van der Waals surface area contributed by atoms with Crippen molar-refractivity contribution in [2.75, 3.05) is 0 Å². The second kappa shape index (κ2) is 11.7. The van der Waals surface area contributed by atoms with E-state index in [0.29, 0.717) is 39.1 Å². The second-order valence-electron chi connectivity index (χ2n) is 12.3.